The molecule has 1 amide bonds. The molecular formula is C20H28N4O3. The van der Waals surface area contributed by atoms with Gasteiger partial charge in [0.1, 0.15) is 22.9 Å². The molecule has 1 aliphatic heterocycles. The molecule has 0 aliphatic carbocycles. The molecule has 0 spiro atoms. The second-order valence-electron chi connectivity index (χ2n) is 7.68. The molecule has 1 aromatic heterocycles. The Balaban J connectivity index is 1.85. The summed E-state index contributed by atoms with van der Waals surface area (Å²) >= 11 is 0. The van der Waals surface area contributed by atoms with E-state index in [4.69, 9.17) is 4.74 Å². The molecule has 3 atom stereocenters. The first-order chi connectivity index (χ1) is 12.9. The van der Waals surface area contributed by atoms with Crippen LogP contribution >= 0.6 is 0 Å². The number of methoxy groups -OCH3 is 1. The smallest absolute Gasteiger partial charge is 0.249 e. The lowest BCUT2D eigenvalue weighted by atomic mass is 9.94. The van der Waals surface area contributed by atoms with Crippen molar-refractivity contribution in [1.82, 2.24) is 15.3 Å². The highest BCUT2D eigenvalue weighted by molar-refractivity contribution is 5.92. The van der Waals surface area contributed by atoms with Crippen LogP contribution in [0.25, 0.3) is 11.0 Å². The lowest BCUT2D eigenvalue weighted by Gasteiger charge is -2.38. The first kappa shape index (κ1) is 19.4. The number of carbonyl (C=O) groups is 1. The molecule has 2 N–H and O–H groups in total. The summed E-state index contributed by atoms with van der Waals surface area (Å²) in [5.74, 6) is 0.678. The van der Waals surface area contributed by atoms with Gasteiger partial charge < -0.3 is 20.1 Å². The Labute approximate surface area is 159 Å². The summed E-state index contributed by atoms with van der Waals surface area (Å²) in [6, 6.07) is 3.88. The molecule has 0 unspecified atom stereocenters. The van der Waals surface area contributed by atoms with E-state index in [-0.39, 0.29) is 17.9 Å². The van der Waals surface area contributed by atoms with Crippen LogP contribution in [0.5, 0.6) is 5.75 Å². The third-order valence-corrected chi connectivity index (χ3v) is 5.03. The highest BCUT2D eigenvalue weighted by Gasteiger charge is 2.29. The van der Waals surface area contributed by atoms with E-state index in [1.54, 1.807) is 19.5 Å². The first-order valence-corrected chi connectivity index (χ1v) is 9.41. The van der Waals surface area contributed by atoms with Crippen molar-refractivity contribution >= 4 is 22.6 Å². The predicted octanol–water partition coefficient (Wildman–Crippen LogP) is 1.99. The van der Waals surface area contributed by atoms with Gasteiger partial charge in [-0.25, -0.2) is 4.98 Å². The molecule has 3 rings (SSSR count). The van der Waals surface area contributed by atoms with E-state index >= 15 is 0 Å². The highest BCUT2D eigenvalue weighted by atomic mass is 16.5. The van der Waals surface area contributed by atoms with Crippen LogP contribution in [0.3, 0.4) is 0 Å². The number of hydrogen-bond donors (Lipinski definition) is 2. The number of piperidine rings is 1. The molecule has 146 valence electrons. The SMILES string of the molecule is COc1ccc(N2C[C@@H](C)C[C@@H](NC(=O)[C@H](O)C(C)C)C2)c2nccnc12. The largest absolute Gasteiger partial charge is 0.494 e. The van der Waals surface area contributed by atoms with E-state index < -0.39 is 6.10 Å². The third-order valence-electron chi connectivity index (χ3n) is 5.03. The van der Waals surface area contributed by atoms with Gasteiger partial charge in [-0.1, -0.05) is 20.8 Å². The molecule has 1 aliphatic rings. The van der Waals surface area contributed by atoms with Crippen LogP contribution in [0.4, 0.5) is 5.69 Å². The van der Waals surface area contributed by atoms with Crippen molar-refractivity contribution in [2.24, 2.45) is 11.8 Å². The lowest BCUT2D eigenvalue weighted by Crippen LogP contribution is -2.53. The number of hydrogen-bond acceptors (Lipinski definition) is 6. The maximum absolute atomic E-state index is 12.3. The van der Waals surface area contributed by atoms with Crippen LogP contribution in [0.15, 0.2) is 24.5 Å². The van der Waals surface area contributed by atoms with Crippen LogP contribution < -0.4 is 15.0 Å². The number of anilines is 1. The van der Waals surface area contributed by atoms with Crippen molar-refractivity contribution in [3.8, 4) is 5.75 Å². The molecule has 27 heavy (non-hydrogen) atoms. The van der Waals surface area contributed by atoms with Crippen LogP contribution in [-0.4, -0.2) is 53.3 Å². The number of nitrogens with zero attached hydrogens (tertiary/aromatic N) is 3. The molecule has 2 heterocycles. The fraction of sp³-hybridized carbons (Fsp3) is 0.550. The monoisotopic (exact) mass is 372 g/mol. The number of aliphatic hydroxyl groups excluding tert-OH is 1. The van der Waals surface area contributed by atoms with Crippen molar-refractivity contribution in [2.45, 2.75) is 39.3 Å². The summed E-state index contributed by atoms with van der Waals surface area (Å²) in [6.07, 6.45) is 3.23. The predicted molar refractivity (Wildman–Crippen MR) is 105 cm³/mol. The molecule has 0 bridgehead atoms. The number of carbonyl (C=O) groups excluding carboxylic acids is 1. The zero-order valence-corrected chi connectivity index (χ0v) is 16.3. The number of ether oxygens (including phenoxy) is 1. The molecule has 2 aromatic rings. The van der Waals surface area contributed by atoms with Gasteiger partial charge in [-0.3, -0.25) is 9.78 Å². The molecular weight excluding hydrogens is 344 g/mol. The summed E-state index contributed by atoms with van der Waals surface area (Å²) in [5, 5.41) is 13.0. The third kappa shape index (κ3) is 4.13. The molecule has 0 radical (unpaired) electrons. The summed E-state index contributed by atoms with van der Waals surface area (Å²) in [6.45, 7) is 7.38. The Hall–Kier alpha value is -2.41. The molecule has 0 saturated carbocycles. The minimum atomic E-state index is -0.983. The van der Waals surface area contributed by atoms with Gasteiger partial charge in [-0.2, -0.15) is 0 Å². The fourth-order valence-corrected chi connectivity index (χ4v) is 3.68. The van der Waals surface area contributed by atoms with Gasteiger partial charge in [-0.15, -0.1) is 0 Å². The minimum absolute atomic E-state index is 0.0246. The van der Waals surface area contributed by atoms with Gasteiger partial charge in [0.05, 0.1) is 12.8 Å². The Morgan fingerprint density at radius 2 is 1.96 bits per heavy atom. The van der Waals surface area contributed by atoms with Crippen LogP contribution in [0.1, 0.15) is 27.2 Å². The van der Waals surface area contributed by atoms with Crippen molar-refractivity contribution in [3.05, 3.63) is 24.5 Å². The summed E-state index contributed by atoms with van der Waals surface area (Å²) in [7, 11) is 1.62. The van der Waals surface area contributed by atoms with Crippen molar-refractivity contribution in [3.63, 3.8) is 0 Å². The summed E-state index contributed by atoms with van der Waals surface area (Å²) in [5.41, 5.74) is 2.50. The van der Waals surface area contributed by atoms with Crippen molar-refractivity contribution in [1.29, 1.82) is 0 Å². The number of aliphatic hydroxyl groups is 1. The lowest BCUT2D eigenvalue weighted by molar-refractivity contribution is -0.132. The zero-order chi connectivity index (χ0) is 19.6. The average Bonchev–Trinajstić information content (AvgIpc) is 2.65. The van der Waals surface area contributed by atoms with E-state index in [1.165, 1.54) is 0 Å². The van der Waals surface area contributed by atoms with Crippen LogP contribution in [0.2, 0.25) is 0 Å². The number of rotatable bonds is 5. The molecule has 7 heteroatoms. The fourth-order valence-electron chi connectivity index (χ4n) is 3.68. The van der Waals surface area contributed by atoms with E-state index in [0.29, 0.717) is 18.2 Å². The topological polar surface area (TPSA) is 87.6 Å². The maximum atomic E-state index is 12.3. The van der Waals surface area contributed by atoms with Crippen LogP contribution in [-0.2, 0) is 4.79 Å². The summed E-state index contributed by atoms with van der Waals surface area (Å²) < 4.78 is 5.41. The number of benzene rings is 1. The maximum Gasteiger partial charge on any atom is 0.249 e. The molecule has 1 aromatic carbocycles. The van der Waals surface area contributed by atoms with Gasteiger partial charge in [-0.05, 0) is 30.4 Å². The van der Waals surface area contributed by atoms with Gasteiger partial charge in [0.2, 0.25) is 5.91 Å². The summed E-state index contributed by atoms with van der Waals surface area (Å²) in [4.78, 5) is 23.4. The standard InChI is InChI=1S/C20H28N4O3/c1-12(2)19(25)20(26)23-14-9-13(3)10-24(11-14)15-5-6-16(27-4)18-17(15)21-7-8-22-18/h5-8,12-14,19,25H,9-11H2,1-4H3,(H,23,26)/t13-,14+,19+/m0/s1. The van der Waals surface area contributed by atoms with Gasteiger partial charge >= 0.3 is 0 Å². The Bertz CT molecular complexity index is 811. The van der Waals surface area contributed by atoms with Crippen LogP contribution in [0, 0.1) is 11.8 Å². The first-order valence-electron chi connectivity index (χ1n) is 9.41. The normalized spacial score (nSPS) is 21.3. The zero-order valence-electron chi connectivity index (χ0n) is 16.3. The Kier molecular flexibility index (Phi) is 5.79. The number of amides is 1. The molecule has 1 fully saturated rings. The quantitative estimate of drug-likeness (QED) is 0.835. The molecule has 7 nitrogen and oxygen atoms in total. The van der Waals surface area contributed by atoms with Crippen molar-refractivity contribution < 1.29 is 14.6 Å². The Morgan fingerprint density at radius 1 is 1.26 bits per heavy atom. The number of aromatic nitrogens is 2. The second-order valence-corrected chi connectivity index (χ2v) is 7.68. The number of fused-ring (bicyclic) bond motifs is 1. The van der Waals surface area contributed by atoms with E-state index in [0.717, 1.165) is 29.7 Å². The number of nitrogens with one attached hydrogen (secondary N) is 1. The van der Waals surface area contributed by atoms with E-state index in [9.17, 15) is 9.90 Å². The van der Waals surface area contributed by atoms with E-state index in [2.05, 4.69) is 27.1 Å². The second kappa shape index (κ2) is 8.08. The Morgan fingerprint density at radius 3 is 2.63 bits per heavy atom. The highest BCUT2D eigenvalue weighted by Crippen LogP contribution is 2.33. The van der Waals surface area contributed by atoms with Gasteiger partial charge in [0.25, 0.3) is 0 Å². The minimum Gasteiger partial charge on any atom is -0.494 e. The van der Waals surface area contributed by atoms with Gasteiger partial charge in [0.15, 0.2) is 0 Å². The average molecular weight is 372 g/mol. The van der Waals surface area contributed by atoms with Crippen molar-refractivity contribution in [2.75, 3.05) is 25.1 Å². The molecule has 1 saturated heterocycles. The van der Waals surface area contributed by atoms with Gasteiger partial charge in [0, 0.05) is 31.5 Å². The van der Waals surface area contributed by atoms with E-state index in [1.807, 2.05) is 26.0 Å².